The van der Waals surface area contributed by atoms with Gasteiger partial charge in [0.25, 0.3) is 0 Å². The van der Waals surface area contributed by atoms with Crippen molar-refractivity contribution < 1.29 is 8.95 Å². The predicted molar refractivity (Wildman–Crippen MR) is 181 cm³/mol. The van der Waals surface area contributed by atoms with Crippen LogP contribution in [0.5, 0.6) is 5.75 Å². The lowest BCUT2D eigenvalue weighted by Gasteiger charge is -2.36. The van der Waals surface area contributed by atoms with E-state index in [0.29, 0.717) is 11.7 Å². The molecule has 1 atom stereocenters. The Bertz CT molecular complexity index is 1910. The molecule has 2 aliphatic rings. The Morgan fingerprint density at radius 2 is 1.70 bits per heavy atom. The van der Waals surface area contributed by atoms with Crippen molar-refractivity contribution in [3.05, 3.63) is 72.3 Å². The van der Waals surface area contributed by atoms with Crippen LogP contribution in [0.1, 0.15) is 11.3 Å². The third-order valence-corrected chi connectivity index (χ3v) is 10.0. The number of hydrogen-bond acceptors (Lipinski definition) is 8. The van der Waals surface area contributed by atoms with Crippen LogP contribution in [0, 0.1) is 0 Å². The number of rotatable bonds is 8. The van der Waals surface area contributed by atoms with Crippen LogP contribution in [-0.4, -0.2) is 89.7 Å². The fourth-order valence-electron chi connectivity index (χ4n) is 6.28. The second-order valence-electron chi connectivity index (χ2n) is 11.8. The number of methoxy groups -OCH3 is 1. The topological polar surface area (TPSA) is 109 Å². The molecule has 1 N–H and O–H groups in total. The van der Waals surface area contributed by atoms with Gasteiger partial charge in [0.1, 0.15) is 5.75 Å². The monoisotopic (exact) mass is 638 g/mol. The van der Waals surface area contributed by atoms with Gasteiger partial charge in [-0.15, -0.1) is 0 Å². The summed E-state index contributed by atoms with van der Waals surface area (Å²) in [5, 5.41) is 12.6. The zero-order valence-electron chi connectivity index (χ0n) is 26.8. The summed E-state index contributed by atoms with van der Waals surface area (Å²) in [4.78, 5) is 12.0. The highest BCUT2D eigenvalue weighted by Gasteiger charge is 2.28. The molecule has 13 heteroatoms. The van der Waals surface area contributed by atoms with E-state index in [4.69, 9.17) is 14.8 Å². The van der Waals surface area contributed by atoms with Crippen LogP contribution in [0.2, 0.25) is 0 Å². The molecule has 1 unspecified atom stereocenters. The lowest BCUT2D eigenvalue weighted by Crippen LogP contribution is -2.49. The second-order valence-corrected chi connectivity index (χ2v) is 13.5. The Balaban J connectivity index is 1.14. The molecule has 1 aliphatic carbocycles. The van der Waals surface area contributed by atoms with Crippen LogP contribution in [0.25, 0.3) is 33.6 Å². The number of ether oxygens (including phenoxy) is 1. The lowest BCUT2D eigenvalue weighted by atomic mass is 9.91. The first kappa shape index (κ1) is 30.1. The summed E-state index contributed by atoms with van der Waals surface area (Å²) in [7, 11) is 9.26. The van der Waals surface area contributed by atoms with Gasteiger partial charge in [-0.3, -0.25) is 9.36 Å². The van der Waals surface area contributed by atoms with Crippen molar-refractivity contribution in [1.82, 2.24) is 38.1 Å². The van der Waals surface area contributed by atoms with E-state index in [9.17, 15) is 4.21 Å². The van der Waals surface area contributed by atoms with Crippen LogP contribution in [-0.2, 0) is 38.1 Å². The molecule has 4 heterocycles. The van der Waals surface area contributed by atoms with Crippen molar-refractivity contribution in [3.8, 4) is 39.4 Å². The van der Waals surface area contributed by atoms with Crippen molar-refractivity contribution in [1.29, 1.82) is 0 Å². The summed E-state index contributed by atoms with van der Waals surface area (Å²) in [5.74, 6) is 1.20. The molecule has 1 saturated heterocycles. The molecule has 0 radical (unpaired) electrons. The molecule has 3 aromatic heterocycles. The van der Waals surface area contributed by atoms with Gasteiger partial charge in [-0.1, -0.05) is 24.3 Å². The number of aryl methyl sites for hydroxylation is 4. The van der Waals surface area contributed by atoms with E-state index >= 15 is 0 Å². The van der Waals surface area contributed by atoms with Crippen LogP contribution in [0.4, 0.5) is 17.3 Å². The molecule has 238 valence electrons. The average Bonchev–Trinajstić information content (AvgIpc) is 3.67. The quantitative estimate of drug-likeness (QED) is 0.271. The van der Waals surface area contributed by atoms with E-state index in [0.717, 1.165) is 95.3 Å². The summed E-state index contributed by atoms with van der Waals surface area (Å²) in [5.41, 5.74) is 10.3. The third kappa shape index (κ3) is 5.65. The van der Waals surface area contributed by atoms with Crippen LogP contribution < -0.4 is 15.0 Å². The Morgan fingerprint density at radius 3 is 2.39 bits per heavy atom. The fourth-order valence-corrected chi connectivity index (χ4v) is 7.22. The third-order valence-electron chi connectivity index (χ3n) is 8.62. The normalized spacial score (nSPS) is 15.5. The number of anilines is 3. The standard InChI is InChI=1S/C33H38N10O2S/c1-39(2)46(44)43-16-14-42(15-17-43)26-11-13-27(29(18-26)45-5)36-33-34-19-24-10-12-28-30(31(24)37-33)32(41(4)38-28)23-8-6-22(7-9-23)25-20-35-40(3)21-25/h6-9,11,13,18-21H,10,12,14-17H2,1-5H3,(H,34,36,37). The van der Waals surface area contributed by atoms with Crippen molar-refractivity contribution in [2.24, 2.45) is 14.1 Å². The number of benzene rings is 2. The first-order valence-corrected chi connectivity index (χ1v) is 16.4. The molecular formula is C33H38N10O2S. The fraction of sp³-hybridized carbons (Fsp3) is 0.333. The van der Waals surface area contributed by atoms with Gasteiger partial charge in [-0.25, -0.2) is 22.8 Å². The van der Waals surface area contributed by atoms with E-state index < -0.39 is 11.2 Å². The molecule has 0 amide bonds. The van der Waals surface area contributed by atoms with Crippen molar-refractivity contribution in [2.75, 3.05) is 57.6 Å². The molecule has 1 fully saturated rings. The largest absolute Gasteiger partial charge is 0.494 e. The van der Waals surface area contributed by atoms with E-state index in [1.807, 2.05) is 72.6 Å². The summed E-state index contributed by atoms with van der Waals surface area (Å²) in [6.07, 6.45) is 7.50. The second kappa shape index (κ2) is 12.3. The highest BCUT2D eigenvalue weighted by molar-refractivity contribution is 7.80. The van der Waals surface area contributed by atoms with E-state index in [1.165, 1.54) is 0 Å². The van der Waals surface area contributed by atoms with Gasteiger partial charge < -0.3 is 15.0 Å². The van der Waals surface area contributed by atoms with E-state index in [2.05, 4.69) is 50.6 Å². The van der Waals surface area contributed by atoms with Gasteiger partial charge in [0.15, 0.2) is 11.2 Å². The molecule has 0 spiro atoms. The maximum absolute atomic E-state index is 12.5. The van der Waals surface area contributed by atoms with E-state index in [-0.39, 0.29) is 0 Å². The summed E-state index contributed by atoms with van der Waals surface area (Å²) >= 11 is -1.11. The number of aromatic nitrogens is 6. The zero-order chi connectivity index (χ0) is 31.9. The van der Waals surface area contributed by atoms with Gasteiger partial charge >= 0.3 is 0 Å². The predicted octanol–water partition coefficient (Wildman–Crippen LogP) is 4.06. The highest BCUT2D eigenvalue weighted by atomic mass is 32.2. The van der Waals surface area contributed by atoms with Crippen molar-refractivity contribution in [2.45, 2.75) is 12.8 Å². The number of fused-ring (bicyclic) bond motifs is 3. The Labute approximate surface area is 271 Å². The van der Waals surface area contributed by atoms with Crippen molar-refractivity contribution in [3.63, 3.8) is 0 Å². The zero-order valence-corrected chi connectivity index (χ0v) is 27.6. The number of nitrogens with zero attached hydrogens (tertiary/aromatic N) is 9. The van der Waals surface area contributed by atoms with Gasteiger partial charge in [0.2, 0.25) is 5.95 Å². The first-order chi connectivity index (χ1) is 22.3. The minimum Gasteiger partial charge on any atom is -0.494 e. The van der Waals surface area contributed by atoms with Crippen LogP contribution in [0.15, 0.2) is 61.1 Å². The van der Waals surface area contributed by atoms with Gasteiger partial charge in [0, 0.05) is 95.2 Å². The molecule has 12 nitrogen and oxygen atoms in total. The number of hydrogen-bond donors (Lipinski definition) is 1. The maximum Gasteiger partial charge on any atom is 0.227 e. The number of nitrogens with one attached hydrogen (secondary N) is 1. The molecule has 7 rings (SSSR count). The van der Waals surface area contributed by atoms with Gasteiger partial charge in [-0.05, 0) is 36.1 Å². The minimum atomic E-state index is -1.11. The lowest BCUT2D eigenvalue weighted by molar-refractivity contribution is 0.388. The molecule has 1 aliphatic heterocycles. The van der Waals surface area contributed by atoms with Crippen LogP contribution in [0.3, 0.4) is 0 Å². The van der Waals surface area contributed by atoms with Crippen LogP contribution >= 0.6 is 0 Å². The SMILES string of the molecule is COc1cc(N2CCN(S(=O)N(C)C)CC2)ccc1Nc1ncc2c(n1)-c1c(nn(C)c1-c1ccc(-c3cnn(C)c3)cc1)CC2. The molecule has 2 aromatic carbocycles. The Hall–Kier alpha value is -4.59. The summed E-state index contributed by atoms with van der Waals surface area (Å²) in [6, 6.07) is 14.7. The Kier molecular flexibility index (Phi) is 8.05. The molecule has 0 saturated carbocycles. The molecule has 46 heavy (non-hydrogen) atoms. The maximum atomic E-state index is 12.5. The van der Waals surface area contributed by atoms with Gasteiger partial charge in [0.05, 0.1) is 36.1 Å². The number of piperazine rings is 1. The molecule has 0 bridgehead atoms. The summed E-state index contributed by atoms with van der Waals surface area (Å²) < 4.78 is 25.8. The smallest absolute Gasteiger partial charge is 0.227 e. The first-order valence-electron chi connectivity index (χ1n) is 15.3. The van der Waals surface area contributed by atoms with Crippen molar-refractivity contribution >= 4 is 28.5 Å². The molecular weight excluding hydrogens is 600 g/mol. The highest BCUT2D eigenvalue weighted by Crippen LogP contribution is 2.40. The van der Waals surface area contributed by atoms with E-state index in [1.54, 1.807) is 11.4 Å². The Morgan fingerprint density at radius 1 is 0.935 bits per heavy atom. The average molecular weight is 639 g/mol. The summed E-state index contributed by atoms with van der Waals surface area (Å²) in [6.45, 7) is 3.02. The van der Waals surface area contributed by atoms with Gasteiger partial charge in [-0.2, -0.15) is 10.2 Å². The molecule has 5 aromatic rings. The minimum absolute atomic E-state index is 0.499.